The van der Waals surface area contributed by atoms with E-state index in [4.69, 9.17) is 10.5 Å². The van der Waals surface area contributed by atoms with E-state index in [0.717, 1.165) is 32.0 Å². The van der Waals surface area contributed by atoms with Gasteiger partial charge in [-0.15, -0.1) is 0 Å². The third kappa shape index (κ3) is 5.00. The first-order valence-electron chi connectivity index (χ1n) is 10.4. The number of nitrogens with zero attached hydrogens (tertiary/aromatic N) is 3. The number of piperazine rings is 1. The first kappa shape index (κ1) is 22.0. The van der Waals surface area contributed by atoms with E-state index in [-0.39, 0.29) is 18.3 Å². The predicted octanol–water partition coefficient (Wildman–Crippen LogP) is 0.788. The number of carbonyl (C=O) groups is 1. The molecule has 0 bridgehead atoms. The summed E-state index contributed by atoms with van der Waals surface area (Å²) in [5.74, 6) is 1.24. The van der Waals surface area contributed by atoms with E-state index in [1.165, 1.54) is 0 Å². The standard InChI is InChI=1S/C21H27N7O3S/c1-21(2,13-31-16-5-3-4-15-18(16)19(22)27-32(30)26-15)25-20(29)14-6-7-24-17(12-14)28-10-8-23-9-11-28/h3-7,12,23,26H,8-11,13H2,1-2H3,(H2,22,27)(H,25,29). The summed E-state index contributed by atoms with van der Waals surface area (Å²) in [6.45, 7) is 7.45. The number of ether oxygens (including phenoxy) is 1. The molecule has 2 aliphatic rings. The van der Waals surface area contributed by atoms with Crippen molar-refractivity contribution in [1.82, 2.24) is 15.6 Å². The lowest BCUT2D eigenvalue weighted by atomic mass is 10.1. The SMILES string of the molecule is CC(C)(COc1cccc2c1C(N)=NS(=O)N2)NC(=O)c1ccnc(N2CCNCC2)c1. The molecule has 4 rings (SSSR count). The van der Waals surface area contributed by atoms with E-state index in [0.29, 0.717) is 22.6 Å². The highest BCUT2D eigenvalue weighted by atomic mass is 32.2. The molecule has 1 amide bonds. The number of anilines is 2. The van der Waals surface area contributed by atoms with Crippen LogP contribution in [-0.2, 0) is 11.2 Å². The Labute approximate surface area is 189 Å². The number of pyridine rings is 1. The van der Waals surface area contributed by atoms with Crippen molar-refractivity contribution in [1.29, 1.82) is 0 Å². The second-order valence-electron chi connectivity index (χ2n) is 8.27. The number of fused-ring (bicyclic) bond motifs is 1. The van der Waals surface area contributed by atoms with Crippen molar-refractivity contribution in [2.45, 2.75) is 19.4 Å². The number of amides is 1. The molecular formula is C21H27N7O3S. The van der Waals surface area contributed by atoms with Crippen molar-refractivity contribution in [3.63, 3.8) is 0 Å². The van der Waals surface area contributed by atoms with Gasteiger partial charge in [0.1, 0.15) is 24.0 Å². The van der Waals surface area contributed by atoms with Gasteiger partial charge in [-0.25, -0.2) is 9.19 Å². The van der Waals surface area contributed by atoms with Crippen LogP contribution in [0, 0.1) is 0 Å². The monoisotopic (exact) mass is 457 g/mol. The zero-order chi connectivity index (χ0) is 22.7. The predicted molar refractivity (Wildman–Crippen MR) is 125 cm³/mol. The molecule has 10 nitrogen and oxygen atoms in total. The van der Waals surface area contributed by atoms with E-state index < -0.39 is 16.7 Å². The Bertz CT molecular complexity index is 1070. The maximum Gasteiger partial charge on any atom is 0.252 e. The number of benzene rings is 1. The lowest BCUT2D eigenvalue weighted by Gasteiger charge is -2.29. The minimum Gasteiger partial charge on any atom is -0.490 e. The van der Waals surface area contributed by atoms with Gasteiger partial charge in [-0.2, -0.15) is 4.40 Å². The molecule has 0 saturated carbocycles. The van der Waals surface area contributed by atoms with Gasteiger partial charge in [0.15, 0.2) is 0 Å². The Balaban J connectivity index is 1.43. The second kappa shape index (κ2) is 9.13. The van der Waals surface area contributed by atoms with E-state index in [2.05, 4.69) is 29.6 Å². The largest absolute Gasteiger partial charge is 0.490 e. The summed E-state index contributed by atoms with van der Waals surface area (Å²) in [5, 5.41) is 6.33. The lowest BCUT2D eigenvalue weighted by Crippen LogP contribution is -2.48. The van der Waals surface area contributed by atoms with Gasteiger partial charge in [-0.3, -0.25) is 9.52 Å². The van der Waals surface area contributed by atoms with Crippen LogP contribution in [-0.4, -0.2) is 59.3 Å². The van der Waals surface area contributed by atoms with Gasteiger partial charge in [0.25, 0.3) is 5.91 Å². The van der Waals surface area contributed by atoms with Crippen molar-refractivity contribution < 1.29 is 13.7 Å². The molecule has 5 N–H and O–H groups in total. The number of nitrogens with one attached hydrogen (secondary N) is 3. The summed E-state index contributed by atoms with van der Waals surface area (Å²) < 4.78 is 24.3. The Kier molecular flexibility index (Phi) is 6.28. The summed E-state index contributed by atoms with van der Waals surface area (Å²) in [6.07, 6.45) is 1.66. The average Bonchev–Trinajstić information content (AvgIpc) is 2.78. The maximum absolute atomic E-state index is 12.9. The lowest BCUT2D eigenvalue weighted by molar-refractivity contribution is 0.0880. The minimum atomic E-state index is -1.61. The van der Waals surface area contributed by atoms with Crippen LogP contribution in [0.25, 0.3) is 0 Å². The number of carbonyl (C=O) groups excluding carboxylic acids is 1. The summed E-state index contributed by atoms with van der Waals surface area (Å²) in [6, 6.07) is 8.81. The number of aromatic nitrogens is 1. The van der Waals surface area contributed by atoms with Crippen molar-refractivity contribution in [2.75, 3.05) is 42.4 Å². The Hall–Kier alpha value is -3.18. The fraction of sp³-hybridized carbons (Fsp3) is 0.381. The van der Waals surface area contributed by atoms with Gasteiger partial charge in [0.2, 0.25) is 11.2 Å². The fourth-order valence-electron chi connectivity index (χ4n) is 3.55. The van der Waals surface area contributed by atoms with Gasteiger partial charge < -0.3 is 26.0 Å². The Morgan fingerprint density at radius 2 is 2.09 bits per heavy atom. The summed E-state index contributed by atoms with van der Waals surface area (Å²) in [7, 11) is 0. The smallest absolute Gasteiger partial charge is 0.252 e. The molecule has 1 aromatic heterocycles. The first-order chi connectivity index (χ1) is 15.3. The maximum atomic E-state index is 12.9. The highest BCUT2D eigenvalue weighted by Gasteiger charge is 2.26. The molecule has 11 heteroatoms. The number of rotatable bonds is 6. The van der Waals surface area contributed by atoms with Gasteiger partial charge in [-0.1, -0.05) is 6.07 Å². The van der Waals surface area contributed by atoms with Crippen LogP contribution in [0.5, 0.6) is 5.75 Å². The molecular weight excluding hydrogens is 430 g/mol. The summed E-state index contributed by atoms with van der Waals surface area (Å²) in [5.41, 5.74) is 6.98. The van der Waals surface area contributed by atoms with Crippen molar-refractivity contribution in [2.24, 2.45) is 10.1 Å². The topological polar surface area (TPSA) is 134 Å². The minimum absolute atomic E-state index is 0.145. The van der Waals surface area contributed by atoms with E-state index >= 15 is 0 Å². The van der Waals surface area contributed by atoms with Crippen molar-refractivity contribution >= 4 is 34.4 Å². The highest BCUT2D eigenvalue weighted by Crippen LogP contribution is 2.30. The zero-order valence-corrected chi connectivity index (χ0v) is 18.9. The molecule has 3 heterocycles. The van der Waals surface area contributed by atoms with E-state index in [1.54, 1.807) is 30.5 Å². The first-order valence-corrected chi connectivity index (χ1v) is 11.5. The van der Waals surface area contributed by atoms with Crippen LogP contribution in [0.4, 0.5) is 11.5 Å². The molecule has 0 spiro atoms. The number of amidine groups is 1. The van der Waals surface area contributed by atoms with Gasteiger partial charge in [0, 0.05) is 37.9 Å². The normalized spacial score (nSPS) is 18.2. The number of hydrogen-bond acceptors (Lipinski definition) is 7. The zero-order valence-electron chi connectivity index (χ0n) is 18.1. The van der Waals surface area contributed by atoms with E-state index in [1.807, 2.05) is 19.9 Å². The summed E-state index contributed by atoms with van der Waals surface area (Å²) >= 11 is -1.61. The molecule has 1 fully saturated rings. The van der Waals surface area contributed by atoms with Crippen LogP contribution < -0.4 is 30.7 Å². The van der Waals surface area contributed by atoms with Gasteiger partial charge >= 0.3 is 0 Å². The van der Waals surface area contributed by atoms with E-state index in [9.17, 15) is 9.00 Å². The third-order valence-corrected chi connectivity index (χ3v) is 5.91. The molecule has 1 atom stereocenters. The fourth-order valence-corrected chi connectivity index (χ4v) is 4.23. The Morgan fingerprint density at radius 3 is 2.88 bits per heavy atom. The number of nitrogens with two attached hydrogens (primary N) is 1. The molecule has 0 aliphatic carbocycles. The molecule has 1 aromatic carbocycles. The van der Waals surface area contributed by atoms with Crippen LogP contribution in [0.3, 0.4) is 0 Å². The van der Waals surface area contributed by atoms with Gasteiger partial charge in [-0.05, 0) is 38.1 Å². The van der Waals surface area contributed by atoms with Crippen molar-refractivity contribution in [3.05, 3.63) is 47.7 Å². The van der Waals surface area contributed by atoms with Crippen LogP contribution >= 0.6 is 0 Å². The van der Waals surface area contributed by atoms with Crippen LogP contribution in [0.1, 0.15) is 29.8 Å². The van der Waals surface area contributed by atoms with Crippen molar-refractivity contribution in [3.8, 4) is 5.75 Å². The quantitative estimate of drug-likeness (QED) is 0.504. The molecule has 0 radical (unpaired) electrons. The molecule has 1 saturated heterocycles. The number of hydrogen-bond donors (Lipinski definition) is 4. The molecule has 2 aliphatic heterocycles. The van der Waals surface area contributed by atoms with Gasteiger partial charge in [0.05, 0.1) is 16.8 Å². The molecule has 1 unspecified atom stereocenters. The second-order valence-corrected chi connectivity index (χ2v) is 9.16. The molecule has 32 heavy (non-hydrogen) atoms. The molecule has 2 aromatic rings. The molecule has 170 valence electrons. The highest BCUT2D eigenvalue weighted by molar-refractivity contribution is 7.85. The Morgan fingerprint density at radius 1 is 1.31 bits per heavy atom. The average molecular weight is 458 g/mol. The third-order valence-electron chi connectivity index (χ3n) is 5.15. The summed E-state index contributed by atoms with van der Waals surface area (Å²) in [4.78, 5) is 19.5. The van der Waals surface area contributed by atoms with Crippen LogP contribution in [0.2, 0.25) is 0 Å². The van der Waals surface area contributed by atoms with Crippen LogP contribution in [0.15, 0.2) is 40.9 Å².